The fourth-order valence-electron chi connectivity index (χ4n) is 5.67. The van der Waals surface area contributed by atoms with Crippen molar-refractivity contribution in [3.05, 3.63) is 98.7 Å². The van der Waals surface area contributed by atoms with Crippen molar-refractivity contribution in [2.75, 3.05) is 25.9 Å². The van der Waals surface area contributed by atoms with E-state index < -0.39 is 32.1 Å². The van der Waals surface area contributed by atoms with Gasteiger partial charge in [-0.25, -0.2) is 13.4 Å². The molecule has 5 rings (SSSR count). The summed E-state index contributed by atoms with van der Waals surface area (Å²) < 4.78 is 61.0. The molecule has 2 heterocycles. The topological polar surface area (TPSA) is 222 Å². The molecule has 1 atom stereocenters. The van der Waals surface area contributed by atoms with Crippen molar-refractivity contribution in [2.24, 2.45) is 5.73 Å². The molecule has 1 fully saturated rings. The molecule has 3 aromatic carbocycles. The van der Waals surface area contributed by atoms with E-state index in [9.17, 15) is 26.4 Å². The van der Waals surface area contributed by atoms with Crippen molar-refractivity contribution in [3.63, 3.8) is 0 Å². The SMILES string of the molecule is CS(=O)(=O)O.Cc1cc(C)c2cccc(OCc3c(Cl)ccc(S(=O)(=O)N4CCCC4C(=O)NCCCNC(=O)c4ccc(C(=N)N)cc4)c3Cl)c2n1. The van der Waals surface area contributed by atoms with E-state index in [-0.39, 0.29) is 46.4 Å². The van der Waals surface area contributed by atoms with Gasteiger partial charge in [0, 0.05) is 52.4 Å². The number of hydrogen-bond acceptors (Lipinski definition) is 9. The average molecular weight is 808 g/mol. The highest BCUT2D eigenvalue weighted by Gasteiger charge is 2.40. The highest BCUT2D eigenvalue weighted by Crippen LogP contribution is 2.36. The third-order valence-corrected chi connectivity index (χ3v) is 11.0. The maximum Gasteiger partial charge on any atom is 0.261 e. The summed E-state index contributed by atoms with van der Waals surface area (Å²) in [4.78, 5) is 30.0. The van der Waals surface area contributed by atoms with E-state index in [0.717, 1.165) is 16.6 Å². The summed E-state index contributed by atoms with van der Waals surface area (Å²) in [6, 6.07) is 15.8. The van der Waals surface area contributed by atoms with Gasteiger partial charge < -0.3 is 21.1 Å². The standard InChI is InChI=1S/C34H36Cl2N6O5S.CH4O3S/c1-20-18-21(2)41-31-24(20)6-3-8-28(31)47-19-25-26(35)13-14-29(30(25)36)48(45,46)42-17-4-7-27(42)34(44)40-16-5-15-39-33(43)23-11-9-22(10-12-23)32(37)38;1-5(2,3)4/h3,6,8-14,18,27H,4-5,7,15-17,19H2,1-2H3,(H3,37,38)(H,39,43)(H,40,44);1H3,(H,2,3,4). The van der Waals surface area contributed by atoms with Crippen molar-refractivity contribution in [3.8, 4) is 5.75 Å². The lowest BCUT2D eigenvalue weighted by atomic mass is 10.1. The third-order valence-electron chi connectivity index (χ3n) is 8.15. The number of ether oxygens (including phenoxy) is 1. The predicted molar refractivity (Wildman–Crippen MR) is 204 cm³/mol. The largest absolute Gasteiger partial charge is 0.487 e. The number of carbonyl (C=O) groups is 2. The number of rotatable bonds is 12. The molecule has 4 aromatic rings. The summed E-state index contributed by atoms with van der Waals surface area (Å²) in [5, 5.41) is 14.1. The van der Waals surface area contributed by atoms with Crippen LogP contribution in [0.15, 0.2) is 65.6 Å². The maximum absolute atomic E-state index is 13.9. The van der Waals surface area contributed by atoms with Gasteiger partial charge in [-0.2, -0.15) is 12.7 Å². The minimum absolute atomic E-state index is 0.0687. The van der Waals surface area contributed by atoms with Crippen molar-refractivity contribution >= 4 is 71.9 Å². The number of carbonyl (C=O) groups excluding carboxylic acids is 2. The van der Waals surface area contributed by atoms with E-state index in [1.807, 2.05) is 32.0 Å². The number of halogens is 2. The lowest BCUT2D eigenvalue weighted by Crippen LogP contribution is -2.46. The third kappa shape index (κ3) is 10.9. The van der Waals surface area contributed by atoms with Gasteiger partial charge in [0.25, 0.3) is 16.0 Å². The van der Waals surface area contributed by atoms with Gasteiger partial charge >= 0.3 is 0 Å². The van der Waals surface area contributed by atoms with Crippen LogP contribution in [0, 0.1) is 19.3 Å². The van der Waals surface area contributed by atoms with E-state index in [0.29, 0.717) is 60.0 Å². The first kappa shape index (κ1) is 41.4. The monoisotopic (exact) mass is 806 g/mol. The maximum atomic E-state index is 13.9. The summed E-state index contributed by atoms with van der Waals surface area (Å²) in [7, 11) is -7.85. The minimum Gasteiger partial charge on any atom is -0.487 e. The first-order valence-corrected chi connectivity index (χ1v) is 20.3. The second kappa shape index (κ2) is 17.7. The first-order chi connectivity index (χ1) is 24.9. The van der Waals surface area contributed by atoms with Crippen molar-refractivity contribution < 1.29 is 35.7 Å². The normalized spacial score (nSPS) is 14.6. The van der Waals surface area contributed by atoms with Crippen LogP contribution in [0.5, 0.6) is 5.75 Å². The molecule has 1 unspecified atom stereocenters. The highest BCUT2D eigenvalue weighted by molar-refractivity contribution is 7.89. The number of amides is 2. The highest BCUT2D eigenvalue weighted by atomic mass is 35.5. The molecule has 0 aliphatic carbocycles. The number of pyridine rings is 1. The summed E-state index contributed by atoms with van der Waals surface area (Å²) in [6.07, 6.45) is 2.00. The van der Waals surface area contributed by atoms with Gasteiger partial charge in [-0.1, -0.05) is 47.5 Å². The number of para-hydroxylation sites is 1. The number of aromatic nitrogens is 1. The minimum atomic E-state index is -4.18. The number of nitrogen functional groups attached to an aromatic ring is 1. The Hall–Kier alpha value is -4.32. The molecule has 0 bridgehead atoms. The summed E-state index contributed by atoms with van der Waals surface area (Å²) >= 11 is 13.2. The molecule has 53 heavy (non-hydrogen) atoms. The van der Waals surface area contributed by atoms with Crippen LogP contribution in [0.4, 0.5) is 0 Å². The molecule has 1 saturated heterocycles. The van der Waals surface area contributed by atoms with Crippen LogP contribution in [0.1, 0.15) is 52.0 Å². The van der Waals surface area contributed by atoms with Crippen molar-refractivity contribution in [1.29, 1.82) is 5.41 Å². The second-order valence-corrected chi connectivity index (χ2v) is 16.4. The van der Waals surface area contributed by atoms with E-state index in [1.54, 1.807) is 30.3 Å². The van der Waals surface area contributed by atoms with Gasteiger partial charge in [0.05, 0.1) is 11.3 Å². The van der Waals surface area contributed by atoms with Crippen LogP contribution in [-0.2, 0) is 31.5 Å². The molecule has 0 radical (unpaired) electrons. The van der Waals surface area contributed by atoms with Gasteiger partial charge in [-0.05, 0) is 75.1 Å². The lowest BCUT2D eigenvalue weighted by Gasteiger charge is -2.24. The van der Waals surface area contributed by atoms with Crippen LogP contribution < -0.4 is 21.1 Å². The Bertz CT molecular complexity index is 2230. The van der Waals surface area contributed by atoms with Crippen LogP contribution in [-0.4, -0.2) is 80.3 Å². The quantitative estimate of drug-likeness (QED) is 0.0579. The van der Waals surface area contributed by atoms with Gasteiger partial charge in [-0.3, -0.25) is 19.6 Å². The zero-order chi connectivity index (χ0) is 39.1. The number of sulfonamides is 1. The molecule has 0 spiro atoms. The second-order valence-electron chi connectivity index (χ2n) is 12.3. The first-order valence-electron chi connectivity index (χ1n) is 16.3. The molecule has 1 aliphatic rings. The molecule has 0 saturated carbocycles. The molecule has 284 valence electrons. The van der Waals surface area contributed by atoms with E-state index in [1.165, 1.54) is 16.4 Å². The molecule has 18 heteroatoms. The molecule has 14 nitrogen and oxygen atoms in total. The lowest BCUT2D eigenvalue weighted by molar-refractivity contribution is -0.124. The smallest absolute Gasteiger partial charge is 0.261 e. The Morgan fingerprint density at radius 1 is 1.02 bits per heavy atom. The van der Waals surface area contributed by atoms with Crippen molar-refractivity contribution in [2.45, 2.75) is 50.7 Å². The number of amidine groups is 1. The van der Waals surface area contributed by atoms with Crippen molar-refractivity contribution in [1.82, 2.24) is 19.9 Å². The van der Waals surface area contributed by atoms with E-state index in [2.05, 4.69) is 15.6 Å². The molecule has 2 amide bonds. The van der Waals surface area contributed by atoms with Crippen LogP contribution in [0.25, 0.3) is 10.9 Å². The molecule has 1 aromatic heterocycles. The Balaban J connectivity index is 0.00000117. The number of aryl methyl sites for hydroxylation is 2. The number of nitrogens with one attached hydrogen (secondary N) is 3. The number of nitrogens with zero attached hydrogens (tertiary/aromatic N) is 2. The Labute approximate surface area is 318 Å². The van der Waals surface area contributed by atoms with Gasteiger partial charge in [0.15, 0.2) is 0 Å². The fraction of sp³-hybridized carbons (Fsp3) is 0.314. The number of benzene rings is 3. The number of hydrogen-bond donors (Lipinski definition) is 5. The average Bonchev–Trinajstić information content (AvgIpc) is 3.59. The predicted octanol–water partition coefficient (Wildman–Crippen LogP) is 4.61. The summed E-state index contributed by atoms with van der Waals surface area (Å²) in [5.74, 6) is -0.297. The van der Waals surface area contributed by atoms with Crippen LogP contribution in [0.3, 0.4) is 0 Å². The van der Waals surface area contributed by atoms with Crippen LogP contribution >= 0.6 is 23.2 Å². The zero-order valence-electron chi connectivity index (χ0n) is 29.1. The van der Waals surface area contributed by atoms with Gasteiger partial charge in [0.1, 0.15) is 34.6 Å². The van der Waals surface area contributed by atoms with Gasteiger partial charge in [0.2, 0.25) is 15.9 Å². The molecular formula is C35H40Cl2N6O8S2. The summed E-state index contributed by atoms with van der Waals surface area (Å²) in [6.45, 7) is 4.48. The zero-order valence-corrected chi connectivity index (χ0v) is 32.3. The molecule has 1 aliphatic heterocycles. The fourth-order valence-corrected chi connectivity index (χ4v) is 8.19. The Morgan fingerprint density at radius 2 is 1.66 bits per heavy atom. The summed E-state index contributed by atoms with van der Waals surface area (Å²) in [5.41, 5.74) is 9.26. The van der Waals surface area contributed by atoms with Gasteiger partial charge in [-0.15, -0.1) is 0 Å². The number of fused-ring (bicyclic) bond motifs is 1. The molecule has 6 N–H and O–H groups in total. The van der Waals surface area contributed by atoms with E-state index in [4.69, 9.17) is 43.6 Å². The molecular weight excluding hydrogens is 767 g/mol. The Kier molecular flexibility index (Phi) is 13.8. The number of nitrogens with two attached hydrogens (primary N) is 1. The Morgan fingerprint density at radius 3 is 2.32 bits per heavy atom. The van der Waals surface area contributed by atoms with E-state index >= 15 is 0 Å². The van der Waals surface area contributed by atoms with Crippen LogP contribution in [0.2, 0.25) is 10.0 Å².